The van der Waals surface area contributed by atoms with E-state index in [-0.39, 0.29) is 12.5 Å². The number of allylic oxidation sites excluding steroid dienone is 1. The molecule has 0 aliphatic carbocycles. The summed E-state index contributed by atoms with van der Waals surface area (Å²) in [5.41, 5.74) is 8.81. The van der Waals surface area contributed by atoms with E-state index in [1.165, 1.54) is 11.8 Å². The third-order valence-electron chi connectivity index (χ3n) is 4.46. The van der Waals surface area contributed by atoms with Crippen LogP contribution in [0.2, 0.25) is 0 Å². The van der Waals surface area contributed by atoms with Crippen molar-refractivity contribution in [3.8, 4) is 0 Å². The molecule has 0 saturated heterocycles. The molecule has 0 unspecified atom stereocenters. The maximum absolute atomic E-state index is 12.0. The smallest absolute Gasteiger partial charge is 0.259 e. The van der Waals surface area contributed by atoms with Crippen molar-refractivity contribution >= 4 is 23.9 Å². The highest BCUT2D eigenvalue weighted by atomic mass is 16.2. The fourth-order valence-corrected chi connectivity index (χ4v) is 3.20. The summed E-state index contributed by atoms with van der Waals surface area (Å²) in [6.07, 6.45) is 6.85. The van der Waals surface area contributed by atoms with E-state index in [4.69, 9.17) is 0 Å². The standard InChI is InChI=1S/C23H26N6O/c1-17-12-18(2)23(19(3)13-17)24-14-22(30)27-25-11-7-10-21-16-29(28-26-21)15-20-8-5-4-6-9-20/h4-13,16,24H,14-15H2,1-3H3,(H,27,30)/b10-7+,25-11-. The zero-order valence-corrected chi connectivity index (χ0v) is 17.5. The summed E-state index contributed by atoms with van der Waals surface area (Å²) in [4.78, 5) is 12.0. The monoisotopic (exact) mass is 402 g/mol. The maximum Gasteiger partial charge on any atom is 0.259 e. The van der Waals surface area contributed by atoms with E-state index in [1.54, 1.807) is 16.8 Å². The number of hydrazone groups is 1. The first-order chi connectivity index (χ1) is 14.5. The van der Waals surface area contributed by atoms with Crippen LogP contribution in [0.3, 0.4) is 0 Å². The van der Waals surface area contributed by atoms with Gasteiger partial charge in [0, 0.05) is 11.9 Å². The van der Waals surface area contributed by atoms with Gasteiger partial charge in [0.15, 0.2) is 0 Å². The predicted molar refractivity (Wildman–Crippen MR) is 120 cm³/mol. The van der Waals surface area contributed by atoms with Crippen LogP contribution in [0.1, 0.15) is 27.9 Å². The summed E-state index contributed by atoms with van der Waals surface area (Å²) < 4.78 is 1.77. The first-order valence-corrected chi connectivity index (χ1v) is 9.75. The van der Waals surface area contributed by atoms with Gasteiger partial charge in [0.2, 0.25) is 0 Å². The van der Waals surface area contributed by atoms with Crippen LogP contribution in [-0.4, -0.2) is 33.7 Å². The summed E-state index contributed by atoms with van der Waals surface area (Å²) in [5.74, 6) is -0.215. The molecule has 7 heteroatoms. The summed E-state index contributed by atoms with van der Waals surface area (Å²) in [7, 11) is 0. The average Bonchev–Trinajstić information content (AvgIpc) is 3.15. The number of rotatable bonds is 8. The minimum Gasteiger partial charge on any atom is -0.376 e. The van der Waals surface area contributed by atoms with Crippen molar-refractivity contribution in [2.24, 2.45) is 5.10 Å². The first kappa shape index (κ1) is 21.0. The van der Waals surface area contributed by atoms with Gasteiger partial charge in [0.1, 0.15) is 5.69 Å². The van der Waals surface area contributed by atoms with Crippen molar-refractivity contribution in [2.45, 2.75) is 27.3 Å². The van der Waals surface area contributed by atoms with Crippen molar-refractivity contribution in [2.75, 3.05) is 11.9 Å². The number of nitrogens with one attached hydrogen (secondary N) is 2. The van der Waals surface area contributed by atoms with Gasteiger partial charge in [-0.15, -0.1) is 5.10 Å². The Morgan fingerprint density at radius 1 is 1.13 bits per heavy atom. The summed E-state index contributed by atoms with van der Waals surface area (Å²) in [6, 6.07) is 14.2. The number of carbonyl (C=O) groups is 1. The zero-order valence-electron chi connectivity index (χ0n) is 17.5. The van der Waals surface area contributed by atoms with Crippen molar-refractivity contribution in [3.05, 3.63) is 82.7 Å². The minimum absolute atomic E-state index is 0.152. The van der Waals surface area contributed by atoms with Crippen molar-refractivity contribution in [1.82, 2.24) is 20.4 Å². The van der Waals surface area contributed by atoms with Gasteiger partial charge in [-0.1, -0.05) is 53.2 Å². The average molecular weight is 403 g/mol. The molecule has 1 amide bonds. The van der Waals surface area contributed by atoms with Crippen LogP contribution < -0.4 is 10.7 Å². The second-order valence-corrected chi connectivity index (χ2v) is 7.13. The molecule has 2 N–H and O–H groups in total. The fourth-order valence-electron chi connectivity index (χ4n) is 3.20. The van der Waals surface area contributed by atoms with Crippen LogP contribution in [0.5, 0.6) is 0 Å². The van der Waals surface area contributed by atoms with Gasteiger partial charge in [-0.05, 0) is 49.6 Å². The third-order valence-corrected chi connectivity index (χ3v) is 4.46. The molecule has 0 radical (unpaired) electrons. The Hall–Kier alpha value is -3.74. The number of hydrogen-bond donors (Lipinski definition) is 2. The summed E-state index contributed by atoms with van der Waals surface area (Å²) >= 11 is 0. The van der Waals surface area contributed by atoms with E-state index < -0.39 is 0 Å². The topological polar surface area (TPSA) is 84.2 Å². The molecule has 30 heavy (non-hydrogen) atoms. The van der Waals surface area contributed by atoms with Crippen LogP contribution in [0.25, 0.3) is 6.08 Å². The lowest BCUT2D eigenvalue weighted by Crippen LogP contribution is -2.26. The molecule has 0 spiro atoms. The molecule has 154 valence electrons. The molecule has 0 bridgehead atoms. The highest BCUT2D eigenvalue weighted by molar-refractivity contribution is 5.83. The van der Waals surface area contributed by atoms with Gasteiger partial charge in [0.25, 0.3) is 5.91 Å². The van der Waals surface area contributed by atoms with Crippen LogP contribution in [-0.2, 0) is 11.3 Å². The molecule has 3 rings (SSSR count). The van der Waals surface area contributed by atoms with Crippen LogP contribution in [0, 0.1) is 20.8 Å². The first-order valence-electron chi connectivity index (χ1n) is 9.75. The van der Waals surface area contributed by atoms with E-state index in [9.17, 15) is 4.79 Å². The zero-order chi connectivity index (χ0) is 21.3. The number of carbonyl (C=O) groups excluding carboxylic acids is 1. The maximum atomic E-state index is 12.0. The van der Waals surface area contributed by atoms with Gasteiger partial charge in [0.05, 0.1) is 19.3 Å². The number of aromatic nitrogens is 3. The molecule has 0 saturated carbocycles. The number of anilines is 1. The van der Waals surface area contributed by atoms with E-state index in [0.29, 0.717) is 6.54 Å². The largest absolute Gasteiger partial charge is 0.376 e. The normalized spacial score (nSPS) is 11.3. The highest BCUT2D eigenvalue weighted by Crippen LogP contribution is 2.21. The molecule has 2 aromatic carbocycles. The molecule has 0 aliphatic rings. The minimum atomic E-state index is -0.215. The molecular weight excluding hydrogens is 376 g/mol. The summed E-state index contributed by atoms with van der Waals surface area (Å²) in [5, 5.41) is 15.3. The van der Waals surface area contributed by atoms with Crippen molar-refractivity contribution in [3.63, 3.8) is 0 Å². The quantitative estimate of drug-likeness (QED) is 0.446. The Labute approximate surface area is 176 Å². The molecule has 7 nitrogen and oxygen atoms in total. The molecular formula is C23H26N6O. The number of aryl methyl sites for hydroxylation is 3. The van der Waals surface area contributed by atoms with E-state index in [2.05, 4.69) is 45.2 Å². The second-order valence-electron chi connectivity index (χ2n) is 7.13. The number of benzene rings is 2. The van der Waals surface area contributed by atoms with E-state index in [0.717, 1.165) is 28.1 Å². The van der Waals surface area contributed by atoms with Gasteiger partial charge in [-0.3, -0.25) is 4.79 Å². The second kappa shape index (κ2) is 10.2. The molecule has 0 fully saturated rings. The Kier molecular flexibility index (Phi) is 7.10. The lowest BCUT2D eigenvalue weighted by Gasteiger charge is -2.13. The lowest BCUT2D eigenvalue weighted by molar-refractivity contribution is -0.119. The van der Waals surface area contributed by atoms with Crippen molar-refractivity contribution < 1.29 is 4.79 Å². The molecule has 0 aliphatic heterocycles. The van der Waals surface area contributed by atoms with Gasteiger partial charge < -0.3 is 5.32 Å². The van der Waals surface area contributed by atoms with Crippen LogP contribution in [0.4, 0.5) is 5.69 Å². The Morgan fingerprint density at radius 2 is 1.87 bits per heavy atom. The van der Waals surface area contributed by atoms with Crippen LogP contribution in [0.15, 0.2) is 59.8 Å². The highest BCUT2D eigenvalue weighted by Gasteiger charge is 2.05. The molecule has 0 atom stereocenters. The molecule has 3 aromatic rings. The van der Waals surface area contributed by atoms with E-state index >= 15 is 0 Å². The predicted octanol–water partition coefficient (Wildman–Crippen LogP) is 3.48. The number of amides is 1. The molecule has 1 aromatic heterocycles. The van der Waals surface area contributed by atoms with E-state index in [1.807, 2.05) is 50.4 Å². The Balaban J connectivity index is 1.43. The number of nitrogens with zero attached hydrogens (tertiary/aromatic N) is 4. The van der Waals surface area contributed by atoms with Gasteiger partial charge in [-0.25, -0.2) is 10.1 Å². The van der Waals surface area contributed by atoms with Gasteiger partial charge in [-0.2, -0.15) is 5.10 Å². The molecule has 1 heterocycles. The Morgan fingerprint density at radius 3 is 2.60 bits per heavy atom. The summed E-state index contributed by atoms with van der Waals surface area (Å²) in [6.45, 7) is 6.93. The van der Waals surface area contributed by atoms with Crippen molar-refractivity contribution in [1.29, 1.82) is 0 Å². The fraction of sp³-hybridized carbons (Fsp3) is 0.217. The Bertz CT molecular complexity index is 1030. The SMILES string of the molecule is Cc1cc(C)c(NCC(=O)N/N=C\C=C\c2cn(Cc3ccccc3)nn2)c(C)c1. The number of hydrogen-bond acceptors (Lipinski definition) is 5. The van der Waals surface area contributed by atoms with Crippen LogP contribution >= 0.6 is 0 Å². The van der Waals surface area contributed by atoms with Gasteiger partial charge >= 0.3 is 0 Å². The third kappa shape index (κ3) is 6.13. The lowest BCUT2D eigenvalue weighted by atomic mass is 10.1.